The first-order valence-electron chi connectivity index (χ1n) is 13.2. The molecule has 2 amide bonds. The van der Waals surface area contributed by atoms with Crippen LogP contribution >= 0.6 is 11.6 Å². The number of piperazine rings is 1. The molecule has 36 heavy (non-hydrogen) atoms. The summed E-state index contributed by atoms with van der Waals surface area (Å²) in [6.45, 7) is 12.3. The van der Waals surface area contributed by atoms with Gasteiger partial charge in [-0.15, -0.1) is 0 Å². The van der Waals surface area contributed by atoms with Gasteiger partial charge < -0.3 is 9.80 Å². The molecule has 1 unspecified atom stereocenters. The smallest absolute Gasteiger partial charge is 0.223 e. The molecule has 2 fully saturated rings. The molecule has 0 aliphatic carbocycles. The number of benzene rings is 2. The van der Waals surface area contributed by atoms with Gasteiger partial charge in [0.15, 0.2) is 0 Å². The van der Waals surface area contributed by atoms with Gasteiger partial charge in [-0.1, -0.05) is 74.8 Å². The van der Waals surface area contributed by atoms with Crippen molar-refractivity contribution in [1.29, 1.82) is 0 Å². The number of nitrogens with zero attached hydrogens (tertiary/aromatic N) is 3. The lowest BCUT2D eigenvalue weighted by Gasteiger charge is -2.50. The summed E-state index contributed by atoms with van der Waals surface area (Å²) in [5.41, 5.74) is 2.42. The summed E-state index contributed by atoms with van der Waals surface area (Å²) in [7, 11) is 0. The van der Waals surface area contributed by atoms with Gasteiger partial charge >= 0.3 is 0 Å². The number of likely N-dealkylation sites (tertiary alicyclic amines) is 1. The quantitative estimate of drug-likeness (QED) is 0.524. The molecule has 0 saturated carbocycles. The Balaban J connectivity index is 1.52. The van der Waals surface area contributed by atoms with Crippen LogP contribution in [-0.4, -0.2) is 65.3 Å². The second-order valence-electron chi connectivity index (χ2n) is 11.5. The highest BCUT2D eigenvalue weighted by Crippen LogP contribution is 2.36. The number of hydrogen-bond donors (Lipinski definition) is 0. The fourth-order valence-electron chi connectivity index (χ4n) is 5.79. The minimum absolute atomic E-state index is 0.0481. The van der Waals surface area contributed by atoms with E-state index in [0.717, 1.165) is 50.6 Å². The van der Waals surface area contributed by atoms with Gasteiger partial charge in [0.25, 0.3) is 0 Å². The molecule has 194 valence electrons. The van der Waals surface area contributed by atoms with E-state index < -0.39 is 0 Å². The summed E-state index contributed by atoms with van der Waals surface area (Å²) in [4.78, 5) is 31.9. The highest BCUT2D eigenvalue weighted by Gasteiger charge is 2.40. The number of carbonyl (C=O) groups is 2. The van der Waals surface area contributed by atoms with E-state index in [1.165, 1.54) is 11.1 Å². The number of halogens is 1. The van der Waals surface area contributed by atoms with E-state index in [2.05, 4.69) is 73.0 Å². The van der Waals surface area contributed by atoms with Crippen molar-refractivity contribution in [2.24, 2.45) is 11.3 Å². The van der Waals surface area contributed by atoms with Crippen molar-refractivity contribution in [3.05, 3.63) is 70.7 Å². The zero-order valence-electron chi connectivity index (χ0n) is 22.1. The molecule has 0 aromatic heterocycles. The molecule has 2 aromatic carbocycles. The molecule has 6 heteroatoms. The summed E-state index contributed by atoms with van der Waals surface area (Å²) >= 11 is 6.21. The maximum atomic E-state index is 13.6. The van der Waals surface area contributed by atoms with Crippen molar-refractivity contribution in [2.75, 3.05) is 32.7 Å². The van der Waals surface area contributed by atoms with E-state index in [1.54, 1.807) is 6.92 Å². The highest BCUT2D eigenvalue weighted by atomic mass is 35.5. The molecule has 5 nitrogen and oxygen atoms in total. The summed E-state index contributed by atoms with van der Waals surface area (Å²) < 4.78 is 0. The van der Waals surface area contributed by atoms with Crippen molar-refractivity contribution in [2.45, 2.75) is 59.0 Å². The van der Waals surface area contributed by atoms with E-state index in [4.69, 9.17) is 11.6 Å². The molecule has 0 spiro atoms. The van der Waals surface area contributed by atoms with Crippen LogP contribution in [0.25, 0.3) is 0 Å². The lowest BCUT2D eigenvalue weighted by atomic mass is 9.82. The second kappa shape index (κ2) is 11.4. The van der Waals surface area contributed by atoms with Crippen LogP contribution in [0.1, 0.15) is 64.1 Å². The van der Waals surface area contributed by atoms with E-state index in [0.29, 0.717) is 12.3 Å². The zero-order valence-corrected chi connectivity index (χ0v) is 22.9. The van der Waals surface area contributed by atoms with E-state index in [1.807, 2.05) is 17.0 Å². The number of rotatable bonds is 5. The first-order chi connectivity index (χ1) is 17.1. The average Bonchev–Trinajstić information content (AvgIpc) is 2.86. The monoisotopic (exact) mass is 509 g/mol. The molecule has 2 heterocycles. The van der Waals surface area contributed by atoms with Crippen molar-refractivity contribution in [1.82, 2.24) is 14.7 Å². The maximum absolute atomic E-state index is 13.6. The van der Waals surface area contributed by atoms with Gasteiger partial charge in [0.2, 0.25) is 11.8 Å². The third kappa shape index (κ3) is 6.30. The third-order valence-corrected chi connectivity index (χ3v) is 8.17. The summed E-state index contributed by atoms with van der Waals surface area (Å²) in [6, 6.07) is 19.0. The topological polar surface area (TPSA) is 43.9 Å². The van der Waals surface area contributed by atoms with Gasteiger partial charge in [0.05, 0.1) is 6.04 Å². The van der Waals surface area contributed by atoms with Gasteiger partial charge in [-0.05, 0) is 47.4 Å². The molecular weight excluding hydrogens is 470 g/mol. The van der Waals surface area contributed by atoms with Gasteiger partial charge in [-0.25, -0.2) is 0 Å². The zero-order chi connectivity index (χ0) is 25.9. The lowest BCUT2D eigenvalue weighted by molar-refractivity contribution is -0.141. The highest BCUT2D eigenvalue weighted by molar-refractivity contribution is 6.30. The number of amides is 2. The van der Waals surface area contributed by atoms with Crippen LogP contribution in [0.15, 0.2) is 54.6 Å². The van der Waals surface area contributed by atoms with Gasteiger partial charge in [-0.3, -0.25) is 14.5 Å². The van der Waals surface area contributed by atoms with E-state index >= 15 is 0 Å². The Morgan fingerprint density at radius 2 is 1.53 bits per heavy atom. The SMILES string of the molecule is CC(=O)N1CCC(CC(=O)N2CCN(C(c3ccccc3)c3ccc(Cl)cc3)C[C@@H]2C(C)(C)C)CC1. The molecule has 2 aliphatic heterocycles. The molecule has 0 bridgehead atoms. The summed E-state index contributed by atoms with van der Waals surface area (Å²) in [5, 5.41) is 0.739. The van der Waals surface area contributed by atoms with Crippen LogP contribution in [0.5, 0.6) is 0 Å². The minimum atomic E-state index is -0.0481. The number of carbonyl (C=O) groups excluding carboxylic acids is 2. The molecule has 0 radical (unpaired) electrons. The first kappa shape index (κ1) is 26.7. The predicted octanol–water partition coefficient (Wildman–Crippen LogP) is 5.64. The fraction of sp³-hybridized carbons (Fsp3) is 0.533. The Kier molecular flexibility index (Phi) is 8.41. The van der Waals surface area contributed by atoms with Gasteiger partial charge in [0.1, 0.15) is 0 Å². The van der Waals surface area contributed by atoms with Crippen LogP contribution < -0.4 is 0 Å². The van der Waals surface area contributed by atoms with Crippen LogP contribution in [-0.2, 0) is 9.59 Å². The van der Waals surface area contributed by atoms with Crippen molar-refractivity contribution < 1.29 is 9.59 Å². The van der Waals surface area contributed by atoms with Crippen molar-refractivity contribution >= 4 is 23.4 Å². The second-order valence-corrected chi connectivity index (χ2v) is 11.9. The Bertz CT molecular complexity index is 1030. The molecule has 4 rings (SSSR count). The standard InChI is InChI=1S/C30H40ClN3O2/c1-22(35)32-16-14-23(15-17-32)20-28(36)34-19-18-33(21-27(34)30(2,3)4)29(24-8-6-5-7-9-24)25-10-12-26(31)13-11-25/h5-13,23,27,29H,14-21H2,1-4H3/t27-,29?/m1/s1. The van der Waals surface area contributed by atoms with Gasteiger partial charge in [-0.2, -0.15) is 0 Å². The first-order valence-corrected chi connectivity index (χ1v) is 13.6. The van der Waals surface area contributed by atoms with E-state index in [9.17, 15) is 9.59 Å². The molecule has 2 saturated heterocycles. The molecule has 2 aliphatic rings. The Hall–Kier alpha value is -2.37. The van der Waals surface area contributed by atoms with Crippen LogP contribution in [0.4, 0.5) is 0 Å². The summed E-state index contributed by atoms with van der Waals surface area (Å²) in [5.74, 6) is 0.758. The summed E-state index contributed by atoms with van der Waals surface area (Å²) in [6.07, 6.45) is 2.41. The maximum Gasteiger partial charge on any atom is 0.223 e. The lowest BCUT2D eigenvalue weighted by Crippen LogP contribution is -2.60. The average molecular weight is 510 g/mol. The van der Waals surface area contributed by atoms with Crippen LogP contribution in [0.2, 0.25) is 5.02 Å². The number of hydrogen-bond acceptors (Lipinski definition) is 3. The van der Waals surface area contributed by atoms with Crippen molar-refractivity contribution in [3.8, 4) is 0 Å². The Morgan fingerprint density at radius 3 is 2.11 bits per heavy atom. The molecular formula is C30H40ClN3O2. The Labute approximate surface area is 221 Å². The normalized spacial score (nSPS) is 20.9. The van der Waals surface area contributed by atoms with Crippen molar-refractivity contribution in [3.63, 3.8) is 0 Å². The Morgan fingerprint density at radius 1 is 0.917 bits per heavy atom. The third-order valence-electron chi connectivity index (χ3n) is 7.92. The van der Waals surface area contributed by atoms with Gasteiger partial charge in [0, 0.05) is 57.1 Å². The molecule has 0 N–H and O–H groups in total. The number of piperidine rings is 1. The fourth-order valence-corrected chi connectivity index (χ4v) is 5.92. The largest absolute Gasteiger partial charge is 0.343 e. The molecule has 2 aromatic rings. The minimum Gasteiger partial charge on any atom is -0.343 e. The molecule has 2 atom stereocenters. The van der Waals surface area contributed by atoms with Crippen LogP contribution in [0, 0.1) is 11.3 Å². The van der Waals surface area contributed by atoms with Crippen LogP contribution in [0.3, 0.4) is 0 Å². The van der Waals surface area contributed by atoms with E-state index in [-0.39, 0.29) is 29.3 Å². The predicted molar refractivity (Wildman–Crippen MR) is 146 cm³/mol.